The number of urea groups is 1. The zero-order valence-electron chi connectivity index (χ0n) is 14.7. The number of hydrogen-bond donors (Lipinski definition) is 3. The van der Waals surface area contributed by atoms with E-state index in [0.29, 0.717) is 15.8 Å². The number of hydrogen-bond acceptors (Lipinski definition) is 4. The van der Waals surface area contributed by atoms with E-state index in [-0.39, 0.29) is 11.6 Å². The molecule has 0 aliphatic rings. The van der Waals surface area contributed by atoms with Crippen molar-refractivity contribution in [3.8, 4) is 0 Å². The molecule has 27 heavy (non-hydrogen) atoms. The van der Waals surface area contributed by atoms with Crippen molar-refractivity contribution >= 4 is 51.4 Å². The Bertz CT molecular complexity index is 1000. The molecule has 6 nitrogen and oxygen atoms in total. The molecular formula is C19H17ClN4O2S. The predicted molar refractivity (Wildman–Crippen MR) is 110 cm³/mol. The van der Waals surface area contributed by atoms with E-state index in [1.165, 1.54) is 11.3 Å². The molecule has 0 saturated heterocycles. The van der Waals surface area contributed by atoms with Gasteiger partial charge in [-0.2, -0.15) is 0 Å². The van der Waals surface area contributed by atoms with Crippen LogP contribution >= 0.6 is 22.9 Å². The quantitative estimate of drug-likeness (QED) is 0.555. The number of thiazole rings is 1. The van der Waals surface area contributed by atoms with Gasteiger partial charge in [0.05, 0.1) is 0 Å². The number of anilines is 3. The first kappa shape index (κ1) is 18.9. The van der Waals surface area contributed by atoms with Gasteiger partial charge in [0.1, 0.15) is 5.69 Å². The molecule has 2 aromatic carbocycles. The second-order valence-corrected chi connectivity index (χ2v) is 7.12. The second-order valence-electron chi connectivity index (χ2n) is 5.83. The summed E-state index contributed by atoms with van der Waals surface area (Å²) in [4.78, 5) is 28.6. The number of nitrogens with zero attached hydrogens (tertiary/aromatic N) is 1. The fraction of sp³-hybridized carbons (Fsp3) is 0.105. The van der Waals surface area contributed by atoms with Crippen LogP contribution in [0.3, 0.4) is 0 Å². The van der Waals surface area contributed by atoms with E-state index in [9.17, 15) is 9.59 Å². The number of aromatic nitrogens is 1. The van der Waals surface area contributed by atoms with Crippen molar-refractivity contribution in [1.82, 2.24) is 4.98 Å². The van der Waals surface area contributed by atoms with Crippen LogP contribution in [0.15, 0.2) is 47.8 Å². The standard InChI is InChI=1S/C19H17ClN4O2S/c1-11-5-3-8-15(12(11)2)22-17(25)16-10-27-19(23-16)24-18(26)21-14-7-4-6-13(20)9-14/h3-10H,1-2H3,(H,22,25)(H2,21,23,24,26). The number of amides is 3. The first-order chi connectivity index (χ1) is 12.9. The summed E-state index contributed by atoms with van der Waals surface area (Å²) >= 11 is 7.06. The molecule has 1 aromatic heterocycles. The van der Waals surface area contributed by atoms with Gasteiger partial charge >= 0.3 is 6.03 Å². The maximum absolute atomic E-state index is 12.4. The molecule has 3 N–H and O–H groups in total. The van der Waals surface area contributed by atoms with E-state index in [0.717, 1.165) is 16.8 Å². The van der Waals surface area contributed by atoms with Crippen LogP contribution in [0, 0.1) is 13.8 Å². The number of benzene rings is 2. The van der Waals surface area contributed by atoms with E-state index >= 15 is 0 Å². The lowest BCUT2D eigenvalue weighted by Gasteiger charge is -2.09. The van der Waals surface area contributed by atoms with Crippen LogP contribution < -0.4 is 16.0 Å². The van der Waals surface area contributed by atoms with Crippen LogP contribution in [-0.4, -0.2) is 16.9 Å². The molecule has 0 aliphatic heterocycles. The van der Waals surface area contributed by atoms with Crippen molar-refractivity contribution in [3.05, 3.63) is 69.7 Å². The van der Waals surface area contributed by atoms with Crippen LogP contribution in [0.4, 0.5) is 21.3 Å². The third-order valence-electron chi connectivity index (χ3n) is 3.89. The van der Waals surface area contributed by atoms with Gasteiger partial charge in [-0.05, 0) is 49.2 Å². The summed E-state index contributed by atoms with van der Waals surface area (Å²) in [6.45, 7) is 3.92. The van der Waals surface area contributed by atoms with Crippen LogP contribution in [0.1, 0.15) is 21.6 Å². The zero-order valence-corrected chi connectivity index (χ0v) is 16.2. The Kier molecular flexibility index (Phi) is 5.73. The number of rotatable bonds is 4. The summed E-state index contributed by atoms with van der Waals surface area (Å²) in [5.41, 5.74) is 3.62. The van der Waals surface area contributed by atoms with Gasteiger partial charge in [-0.3, -0.25) is 10.1 Å². The highest BCUT2D eigenvalue weighted by molar-refractivity contribution is 7.14. The monoisotopic (exact) mass is 400 g/mol. The molecule has 0 aliphatic carbocycles. The smallest absolute Gasteiger partial charge is 0.320 e. The van der Waals surface area contributed by atoms with Crippen molar-refractivity contribution in [2.45, 2.75) is 13.8 Å². The first-order valence-electron chi connectivity index (χ1n) is 8.09. The van der Waals surface area contributed by atoms with Crippen LogP contribution in [0.25, 0.3) is 0 Å². The third-order valence-corrected chi connectivity index (χ3v) is 4.89. The zero-order chi connectivity index (χ0) is 19.4. The van der Waals surface area contributed by atoms with Crippen LogP contribution in [-0.2, 0) is 0 Å². The van der Waals surface area contributed by atoms with E-state index in [4.69, 9.17) is 11.6 Å². The molecule has 0 atom stereocenters. The van der Waals surface area contributed by atoms with Crippen molar-refractivity contribution in [2.75, 3.05) is 16.0 Å². The molecule has 0 fully saturated rings. The van der Waals surface area contributed by atoms with Crippen LogP contribution in [0.2, 0.25) is 5.02 Å². The van der Waals surface area contributed by atoms with E-state index in [1.54, 1.807) is 29.6 Å². The average Bonchev–Trinajstić information content (AvgIpc) is 3.07. The van der Waals surface area contributed by atoms with Crippen molar-refractivity contribution in [3.63, 3.8) is 0 Å². The Labute approximate surface area is 165 Å². The Morgan fingerprint density at radius 2 is 1.81 bits per heavy atom. The minimum Gasteiger partial charge on any atom is -0.320 e. The van der Waals surface area contributed by atoms with Crippen molar-refractivity contribution < 1.29 is 9.59 Å². The Morgan fingerprint density at radius 1 is 1.04 bits per heavy atom. The number of halogens is 1. The van der Waals surface area contributed by atoms with E-state index in [2.05, 4.69) is 20.9 Å². The first-order valence-corrected chi connectivity index (χ1v) is 9.35. The summed E-state index contributed by atoms with van der Waals surface area (Å²) in [7, 11) is 0. The minimum absolute atomic E-state index is 0.235. The normalized spacial score (nSPS) is 10.3. The second kappa shape index (κ2) is 8.20. The SMILES string of the molecule is Cc1cccc(NC(=O)c2csc(NC(=O)Nc3cccc(Cl)c3)n2)c1C. The summed E-state index contributed by atoms with van der Waals surface area (Å²) < 4.78 is 0. The van der Waals surface area contributed by atoms with E-state index in [1.807, 2.05) is 32.0 Å². The molecule has 1 heterocycles. The maximum atomic E-state index is 12.4. The lowest BCUT2D eigenvalue weighted by molar-refractivity contribution is 0.102. The van der Waals surface area contributed by atoms with Crippen molar-refractivity contribution in [1.29, 1.82) is 0 Å². The van der Waals surface area contributed by atoms with Gasteiger partial charge in [-0.25, -0.2) is 9.78 Å². The third kappa shape index (κ3) is 4.84. The maximum Gasteiger partial charge on any atom is 0.325 e. The molecule has 0 radical (unpaired) electrons. The van der Waals surface area contributed by atoms with Crippen LogP contribution in [0.5, 0.6) is 0 Å². The largest absolute Gasteiger partial charge is 0.325 e. The van der Waals surface area contributed by atoms with Gasteiger partial charge in [-0.15, -0.1) is 11.3 Å². The molecule has 0 spiro atoms. The number of carbonyl (C=O) groups excluding carboxylic acids is 2. The lowest BCUT2D eigenvalue weighted by Crippen LogP contribution is -2.19. The summed E-state index contributed by atoms with van der Waals surface area (Å²) in [5, 5.41) is 10.5. The fourth-order valence-electron chi connectivity index (χ4n) is 2.33. The molecule has 0 unspecified atom stereocenters. The molecule has 3 amide bonds. The summed E-state index contributed by atoms with van der Waals surface area (Å²) in [6.07, 6.45) is 0. The van der Waals surface area contributed by atoms with Gasteiger partial charge in [0.15, 0.2) is 5.13 Å². The molecule has 3 rings (SSSR count). The average molecular weight is 401 g/mol. The minimum atomic E-state index is -0.465. The molecule has 138 valence electrons. The predicted octanol–water partition coefficient (Wildman–Crippen LogP) is 5.31. The Morgan fingerprint density at radius 3 is 2.59 bits per heavy atom. The Balaban J connectivity index is 1.63. The summed E-state index contributed by atoms with van der Waals surface area (Å²) in [6, 6.07) is 12.0. The van der Waals surface area contributed by atoms with Gasteiger partial charge in [0.25, 0.3) is 5.91 Å². The topological polar surface area (TPSA) is 83.1 Å². The lowest BCUT2D eigenvalue weighted by atomic mass is 10.1. The van der Waals surface area contributed by atoms with Gasteiger partial charge in [0, 0.05) is 21.8 Å². The molecule has 0 saturated carbocycles. The van der Waals surface area contributed by atoms with E-state index < -0.39 is 6.03 Å². The fourth-order valence-corrected chi connectivity index (χ4v) is 3.21. The molecule has 8 heteroatoms. The highest BCUT2D eigenvalue weighted by Crippen LogP contribution is 2.21. The molecule has 3 aromatic rings. The van der Waals surface area contributed by atoms with Gasteiger partial charge in [0.2, 0.25) is 0 Å². The van der Waals surface area contributed by atoms with Gasteiger partial charge < -0.3 is 10.6 Å². The number of nitrogens with one attached hydrogen (secondary N) is 3. The molecular weight excluding hydrogens is 384 g/mol. The highest BCUT2D eigenvalue weighted by atomic mass is 35.5. The molecule has 0 bridgehead atoms. The van der Waals surface area contributed by atoms with Gasteiger partial charge in [-0.1, -0.05) is 29.8 Å². The Hall–Kier alpha value is -2.90. The number of carbonyl (C=O) groups is 2. The number of aryl methyl sites for hydroxylation is 1. The van der Waals surface area contributed by atoms with Crippen molar-refractivity contribution in [2.24, 2.45) is 0 Å². The highest BCUT2D eigenvalue weighted by Gasteiger charge is 2.14. The summed E-state index contributed by atoms with van der Waals surface area (Å²) in [5.74, 6) is -0.330.